The van der Waals surface area contributed by atoms with Crippen LogP contribution in [-0.4, -0.2) is 55.1 Å². The normalized spacial score (nSPS) is 13.8. The van der Waals surface area contributed by atoms with Crippen LogP contribution in [0.5, 0.6) is 0 Å². The number of oxime groups is 2. The van der Waals surface area contributed by atoms with E-state index in [1.807, 2.05) is 6.92 Å². The summed E-state index contributed by atoms with van der Waals surface area (Å²) in [4.78, 5) is 42.1. The lowest BCUT2D eigenvalue weighted by Gasteiger charge is -2.13. The van der Waals surface area contributed by atoms with E-state index in [-0.39, 0.29) is 17.0 Å². The van der Waals surface area contributed by atoms with Crippen LogP contribution >= 0.6 is 0 Å². The molecule has 0 saturated heterocycles. The van der Waals surface area contributed by atoms with Gasteiger partial charge >= 0.3 is 24.5 Å². The number of hydrogen-bond donors (Lipinski definition) is 0. The molecule has 2 aromatic carbocycles. The minimum atomic E-state index is -4.72. The molecule has 0 spiro atoms. The topological polar surface area (TPSA) is 113 Å². The molecule has 0 atom stereocenters. The Hall–Kier alpha value is -5.28. The smallest absolute Gasteiger partial charge is 0.297 e. The summed E-state index contributed by atoms with van der Waals surface area (Å²) in [6.45, 7) is 5.10. The van der Waals surface area contributed by atoms with Gasteiger partial charge in [-0.25, -0.2) is 28.7 Å². The molecule has 2 aromatic heterocycles. The average Bonchev–Trinajstić information content (AvgIpc) is 3.72. The van der Waals surface area contributed by atoms with Crippen LogP contribution in [0.1, 0.15) is 65.7 Å². The molecule has 0 radical (unpaired) electrons. The van der Waals surface area contributed by atoms with Gasteiger partial charge in [0.2, 0.25) is 0 Å². The predicted octanol–water partition coefficient (Wildman–Crippen LogP) is 7.90. The summed E-state index contributed by atoms with van der Waals surface area (Å²) in [6.07, 6.45) is -9.20. The fourth-order valence-electron chi connectivity index (χ4n) is 5.23. The number of aromatic nitrogens is 4. The van der Waals surface area contributed by atoms with Crippen LogP contribution in [0.15, 0.2) is 71.8 Å². The number of imidazole rings is 2. The first-order valence-corrected chi connectivity index (χ1v) is 14.1. The Kier molecular flexibility index (Phi) is 9.04. The first-order chi connectivity index (χ1) is 22.1. The number of rotatable bonds is 7. The molecule has 47 heavy (non-hydrogen) atoms. The van der Waals surface area contributed by atoms with Crippen molar-refractivity contribution in [1.82, 2.24) is 19.1 Å². The van der Waals surface area contributed by atoms with E-state index in [2.05, 4.69) is 20.3 Å². The standard InChI is InChI=1S/C31H26F6N6O4/c1-4-21-22-7-5-19(26(11-30(32,33)34)40-46-28(44)42-13-17(2)38-15-42)9-24(22)25-10-20(6-8-23(21)25)27(12-31(35,36)37)41-47-29(45)43-14-18(3)39-16-43/h5-10,13-16,21H,4,11-12H2,1-3H3/b40-26+,41-27+. The van der Waals surface area contributed by atoms with Crippen molar-refractivity contribution >= 4 is 23.6 Å². The Bertz CT molecular complexity index is 1760. The first kappa shape index (κ1) is 33.1. The number of aryl methyl sites for hydroxylation is 2. The molecule has 246 valence electrons. The van der Waals surface area contributed by atoms with Crippen molar-refractivity contribution in [1.29, 1.82) is 0 Å². The Morgan fingerprint density at radius 2 is 1.15 bits per heavy atom. The monoisotopic (exact) mass is 660 g/mol. The molecule has 1 aliphatic carbocycles. The van der Waals surface area contributed by atoms with Crippen molar-refractivity contribution in [3.63, 3.8) is 0 Å². The zero-order valence-corrected chi connectivity index (χ0v) is 25.1. The molecule has 10 nitrogen and oxygen atoms in total. The molecule has 0 N–H and O–H groups in total. The minimum absolute atomic E-state index is 0.0162. The lowest BCUT2D eigenvalue weighted by Crippen LogP contribution is -2.18. The zero-order chi connectivity index (χ0) is 34.1. The maximum Gasteiger partial charge on any atom is 0.445 e. The number of hydrogen-bond acceptors (Lipinski definition) is 8. The van der Waals surface area contributed by atoms with Crippen molar-refractivity contribution in [3.8, 4) is 11.1 Å². The van der Waals surface area contributed by atoms with Gasteiger partial charge in [0.1, 0.15) is 12.7 Å². The fourth-order valence-corrected chi connectivity index (χ4v) is 5.23. The second kappa shape index (κ2) is 12.8. The van der Waals surface area contributed by atoms with Gasteiger partial charge in [-0.2, -0.15) is 26.3 Å². The minimum Gasteiger partial charge on any atom is -0.297 e. The summed E-state index contributed by atoms with van der Waals surface area (Å²) < 4.78 is 83.5. The van der Waals surface area contributed by atoms with Crippen LogP contribution in [0.25, 0.3) is 11.1 Å². The van der Waals surface area contributed by atoms with Crippen LogP contribution < -0.4 is 0 Å². The number of benzene rings is 2. The van der Waals surface area contributed by atoms with E-state index in [9.17, 15) is 35.9 Å². The van der Waals surface area contributed by atoms with Gasteiger partial charge < -0.3 is 0 Å². The van der Waals surface area contributed by atoms with Crippen molar-refractivity contribution in [3.05, 3.63) is 95.1 Å². The van der Waals surface area contributed by atoms with E-state index >= 15 is 0 Å². The predicted molar refractivity (Wildman–Crippen MR) is 156 cm³/mol. The highest BCUT2D eigenvalue weighted by atomic mass is 19.4. The number of alkyl halides is 6. The summed E-state index contributed by atoms with van der Waals surface area (Å²) in [5.74, 6) is -0.210. The highest BCUT2D eigenvalue weighted by molar-refractivity contribution is 6.04. The zero-order valence-electron chi connectivity index (χ0n) is 25.1. The summed E-state index contributed by atoms with van der Waals surface area (Å²) in [7, 11) is 0. The lowest BCUT2D eigenvalue weighted by molar-refractivity contribution is -0.122. The van der Waals surface area contributed by atoms with Crippen molar-refractivity contribution in [2.45, 2.75) is 58.3 Å². The van der Waals surface area contributed by atoms with Crippen LogP contribution in [0.3, 0.4) is 0 Å². The van der Waals surface area contributed by atoms with Gasteiger partial charge in [0.15, 0.2) is 0 Å². The van der Waals surface area contributed by atoms with Crippen LogP contribution in [0, 0.1) is 13.8 Å². The Morgan fingerprint density at radius 1 is 0.745 bits per heavy atom. The second-order valence-electron chi connectivity index (χ2n) is 10.8. The summed E-state index contributed by atoms with van der Waals surface area (Å²) in [6, 6.07) is 8.92. The van der Waals surface area contributed by atoms with E-state index in [0.717, 1.165) is 32.9 Å². The highest BCUT2D eigenvalue weighted by Gasteiger charge is 2.35. The third-order valence-corrected chi connectivity index (χ3v) is 7.27. The molecule has 16 heteroatoms. The summed E-state index contributed by atoms with van der Waals surface area (Å²) in [5.41, 5.74) is 2.10. The number of carbonyl (C=O) groups is 2. The Labute approximate surface area is 263 Å². The number of halogens is 6. The van der Waals surface area contributed by atoms with Crippen LogP contribution in [-0.2, 0) is 9.68 Å². The van der Waals surface area contributed by atoms with Crippen LogP contribution in [0.2, 0.25) is 0 Å². The average molecular weight is 661 g/mol. The first-order valence-electron chi connectivity index (χ1n) is 14.1. The lowest BCUT2D eigenvalue weighted by atomic mass is 9.93. The fraction of sp³-hybridized carbons (Fsp3) is 0.290. The van der Waals surface area contributed by atoms with Gasteiger partial charge in [-0.15, -0.1) is 0 Å². The molecule has 5 rings (SSSR count). The molecular formula is C31H26F6N6O4. The SMILES string of the molecule is CCC1c2ccc(/C(CC(F)(F)F)=N/OC(=O)n3cnc(C)c3)cc2-c2cc(/C(CC(F)(F)F)=N/OC(=O)n3cnc(C)c3)ccc21. The van der Waals surface area contributed by atoms with Gasteiger partial charge in [-0.05, 0) is 54.7 Å². The van der Waals surface area contributed by atoms with E-state index in [4.69, 9.17) is 9.68 Å². The Balaban J connectivity index is 1.53. The molecule has 0 saturated carbocycles. The number of carbonyl (C=O) groups excluding carboxylic acids is 2. The molecular weight excluding hydrogens is 634 g/mol. The number of fused-ring (bicyclic) bond motifs is 3. The van der Waals surface area contributed by atoms with Gasteiger partial charge in [0.25, 0.3) is 0 Å². The maximum atomic E-state index is 13.6. The van der Waals surface area contributed by atoms with Crippen molar-refractivity contribution < 1.29 is 45.6 Å². The van der Waals surface area contributed by atoms with Crippen LogP contribution in [0.4, 0.5) is 35.9 Å². The summed E-state index contributed by atoms with van der Waals surface area (Å²) in [5, 5.41) is 7.08. The quantitative estimate of drug-likeness (QED) is 0.0862. The summed E-state index contributed by atoms with van der Waals surface area (Å²) >= 11 is 0. The molecule has 4 aromatic rings. The third kappa shape index (κ3) is 7.76. The third-order valence-electron chi connectivity index (χ3n) is 7.27. The van der Waals surface area contributed by atoms with E-state index in [0.29, 0.717) is 28.9 Å². The molecule has 0 aliphatic heterocycles. The molecule has 0 bridgehead atoms. The van der Waals surface area contributed by atoms with E-state index < -0.39 is 48.8 Å². The largest absolute Gasteiger partial charge is 0.445 e. The van der Waals surface area contributed by atoms with Gasteiger partial charge in [0, 0.05) is 29.4 Å². The molecule has 0 amide bonds. The maximum absolute atomic E-state index is 13.6. The number of nitrogens with zero attached hydrogens (tertiary/aromatic N) is 6. The van der Waals surface area contributed by atoms with Gasteiger partial charge in [-0.3, -0.25) is 9.68 Å². The molecule has 0 unspecified atom stereocenters. The van der Waals surface area contributed by atoms with Gasteiger partial charge in [0.05, 0.1) is 35.7 Å². The Morgan fingerprint density at radius 3 is 1.47 bits per heavy atom. The molecule has 2 heterocycles. The van der Waals surface area contributed by atoms with E-state index in [1.54, 1.807) is 26.0 Å². The second-order valence-corrected chi connectivity index (χ2v) is 10.8. The van der Waals surface area contributed by atoms with E-state index in [1.165, 1.54) is 36.7 Å². The molecule has 0 fully saturated rings. The van der Waals surface area contributed by atoms with Crippen molar-refractivity contribution in [2.75, 3.05) is 0 Å². The highest BCUT2D eigenvalue weighted by Crippen LogP contribution is 2.47. The van der Waals surface area contributed by atoms with Crippen molar-refractivity contribution in [2.24, 2.45) is 10.3 Å². The van der Waals surface area contributed by atoms with Gasteiger partial charge in [-0.1, -0.05) is 41.5 Å². The molecule has 1 aliphatic rings.